The number of nitrogens with one attached hydrogen (secondary N) is 1. The summed E-state index contributed by atoms with van der Waals surface area (Å²) in [5, 5.41) is 3.01. The van der Waals surface area contributed by atoms with E-state index in [0.717, 1.165) is 23.3 Å². The van der Waals surface area contributed by atoms with Gasteiger partial charge in [0, 0.05) is 18.3 Å². The maximum atomic E-state index is 13.2. The Kier molecular flexibility index (Phi) is 9.44. The van der Waals surface area contributed by atoms with E-state index in [1.54, 1.807) is 16.7 Å². The molecule has 2 rings (SSSR count). The molecule has 0 unspecified atom stereocenters. The highest BCUT2D eigenvalue weighted by Gasteiger charge is 2.27. The van der Waals surface area contributed by atoms with Crippen LogP contribution in [0, 0.1) is 13.8 Å². The molecule has 4 nitrogen and oxygen atoms in total. The first-order valence-electron chi connectivity index (χ1n) is 10.6. The van der Waals surface area contributed by atoms with Gasteiger partial charge in [-0.05, 0) is 56.4 Å². The van der Waals surface area contributed by atoms with Gasteiger partial charge in [-0.1, -0.05) is 55.5 Å². The normalized spacial score (nSPS) is 12.8. The van der Waals surface area contributed by atoms with E-state index >= 15 is 0 Å². The summed E-state index contributed by atoms with van der Waals surface area (Å²) >= 11 is 1.60. The molecule has 0 saturated carbocycles. The molecular formula is C25H34N2O2S. The topological polar surface area (TPSA) is 49.4 Å². The monoisotopic (exact) mass is 426 g/mol. The Labute approximate surface area is 185 Å². The molecule has 0 aliphatic heterocycles. The van der Waals surface area contributed by atoms with Gasteiger partial charge in [0.05, 0.1) is 5.75 Å². The van der Waals surface area contributed by atoms with Gasteiger partial charge in [0.2, 0.25) is 11.8 Å². The SMILES string of the molecule is CC[C@H](C)NC(=O)[C@H](C)N(Cc1ccccc1C)C(=O)CSCc1ccccc1C. The summed E-state index contributed by atoms with van der Waals surface area (Å²) in [6.07, 6.45) is 0.858. The van der Waals surface area contributed by atoms with Gasteiger partial charge in [-0.2, -0.15) is 0 Å². The molecule has 0 spiro atoms. The summed E-state index contributed by atoms with van der Waals surface area (Å²) in [6, 6.07) is 15.8. The summed E-state index contributed by atoms with van der Waals surface area (Å²) in [4.78, 5) is 27.6. The van der Waals surface area contributed by atoms with Crippen molar-refractivity contribution in [2.45, 2.75) is 65.4 Å². The Balaban J connectivity index is 2.10. The van der Waals surface area contributed by atoms with Crippen molar-refractivity contribution in [3.05, 3.63) is 70.8 Å². The predicted octanol–water partition coefficient (Wildman–Crippen LogP) is 4.87. The predicted molar refractivity (Wildman–Crippen MR) is 126 cm³/mol. The Morgan fingerprint density at radius 2 is 1.53 bits per heavy atom. The van der Waals surface area contributed by atoms with Gasteiger partial charge >= 0.3 is 0 Å². The van der Waals surface area contributed by atoms with E-state index in [4.69, 9.17) is 0 Å². The number of carbonyl (C=O) groups excluding carboxylic acids is 2. The van der Waals surface area contributed by atoms with Crippen LogP contribution in [0.25, 0.3) is 0 Å². The number of benzene rings is 2. The number of amides is 2. The van der Waals surface area contributed by atoms with Gasteiger partial charge < -0.3 is 10.2 Å². The van der Waals surface area contributed by atoms with E-state index in [9.17, 15) is 9.59 Å². The summed E-state index contributed by atoms with van der Waals surface area (Å²) in [7, 11) is 0. The zero-order valence-corrected chi connectivity index (χ0v) is 19.6. The van der Waals surface area contributed by atoms with Crippen LogP contribution in [0.5, 0.6) is 0 Å². The molecule has 0 radical (unpaired) electrons. The summed E-state index contributed by atoms with van der Waals surface area (Å²) < 4.78 is 0. The van der Waals surface area contributed by atoms with Crippen LogP contribution in [-0.4, -0.2) is 34.6 Å². The highest BCUT2D eigenvalue weighted by molar-refractivity contribution is 7.99. The average molecular weight is 427 g/mol. The van der Waals surface area contributed by atoms with E-state index in [1.807, 2.05) is 64.1 Å². The number of hydrogen-bond acceptors (Lipinski definition) is 3. The number of hydrogen-bond donors (Lipinski definition) is 1. The third-order valence-corrected chi connectivity index (χ3v) is 6.48. The third kappa shape index (κ3) is 6.91. The fourth-order valence-corrected chi connectivity index (χ4v) is 4.11. The molecule has 0 aliphatic rings. The molecule has 0 aromatic heterocycles. The number of nitrogens with zero attached hydrogens (tertiary/aromatic N) is 1. The smallest absolute Gasteiger partial charge is 0.242 e. The molecule has 0 fully saturated rings. The third-order valence-electron chi connectivity index (χ3n) is 5.51. The van der Waals surface area contributed by atoms with Crippen molar-refractivity contribution < 1.29 is 9.59 Å². The van der Waals surface area contributed by atoms with E-state index in [2.05, 4.69) is 24.4 Å². The minimum Gasteiger partial charge on any atom is -0.352 e. The molecule has 30 heavy (non-hydrogen) atoms. The van der Waals surface area contributed by atoms with E-state index in [1.165, 1.54) is 11.1 Å². The van der Waals surface area contributed by atoms with Crippen LogP contribution in [0.2, 0.25) is 0 Å². The summed E-state index contributed by atoms with van der Waals surface area (Å²) in [6.45, 7) is 10.4. The number of rotatable bonds is 10. The quantitative estimate of drug-likeness (QED) is 0.590. The first-order chi connectivity index (χ1) is 14.3. The van der Waals surface area contributed by atoms with Gasteiger partial charge in [-0.15, -0.1) is 11.8 Å². The Hall–Kier alpha value is -2.27. The fraction of sp³-hybridized carbons (Fsp3) is 0.440. The molecule has 0 bridgehead atoms. The second-order valence-corrected chi connectivity index (χ2v) is 8.85. The van der Waals surface area contributed by atoms with Crippen molar-refractivity contribution >= 4 is 23.6 Å². The second kappa shape index (κ2) is 11.8. The molecule has 0 aliphatic carbocycles. The molecule has 0 saturated heterocycles. The lowest BCUT2D eigenvalue weighted by Gasteiger charge is -2.30. The van der Waals surface area contributed by atoms with Crippen LogP contribution in [0.15, 0.2) is 48.5 Å². The highest BCUT2D eigenvalue weighted by Crippen LogP contribution is 2.19. The first kappa shape index (κ1) is 24.0. The van der Waals surface area contributed by atoms with Crippen molar-refractivity contribution in [3.63, 3.8) is 0 Å². The molecule has 2 amide bonds. The van der Waals surface area contributed by atoms with Crippen molar-refractivity contribution in [2.24, 2.45) is 0 Å². The number of aryl methyl sites for hydroxylation is 2. The first-order valence-corrected chi connectivity index (χ1v) is 11.8. The molecule has 1 N–H and O–H groups in total. The van der Waals surface area contributed by atoms with E-state index in [0.29, 0.717) is 12.3 Å². The average Bonchev–Trinajstić information content (AvgIpc) is 2.73. The maximum absolute atomic E-state index is 13.2. The van der Waals surface area contributed by atoms with Gasteiger partial charge in [0.15, 0.2) is 0 Å². The number of thioether (sulfide) groups is 1. The molecule has 162 valence electrons. The highest BCUT2D eigenvalue weighted by atomic mass is 32.2. The minimum atomic E-state index is -0.523. The van der Waals surface area contributed by atoms with Crippen LogP contribution in [0.3, 0.4) is 0 Å². The fourth-order valence-electron chi connectivity index (χ4n) is 3.12. The lowest BCUT2D eigenvalue weighted by atomic mass is 10.1. The lowest BCUT2D eigenvalue weighted by Crippen LogP contribution is -2.50. The Morgan fingerprint density at radius 3 is 2.10 bits per heavy atom. The largest absolute Gasteiger partial charge is 0.352 e. The summed E-state index contributed by atoms with van der Waals surface area (Å²) in [5.74, 6) is 1.02. The standard InChI is InChI=1S/C25H34N2O2S/c1-6-20(4)26-25(29)21(5)27(15-22-13-9-7-11-18(22)2)24(28)17-30-16-23-14-10-8-12-19(23)3/h7-14,20-21H,6,15-17H2,1-5H3,(H,26,29)/t20-,21-/m0/s1. The zero-order chi connectivity index (χ0) is 22.1. The van der Waals surface area contributed by atoms with E-state index < -0.39 is 6.04 Å². The molecule has 5 heteroatoms. The summed E-state index contributed by atoms with van der Waals surface area (Å²) in [5.41, 5.74) is 4.66. The lowest BCUT2D eigenvalue weighted by molar-refractivity contribution is -0.138. The van der Waals surface area contributed by atoms with Gasteiger partial charge in [-0.3, -0.25) is 9.59 Å². The van der Waals surface area contributed by atoms with Crippen LogP contribution < -0.4 is 5.32 Å². The molecule has 2 atom stereocenters. The van der Waals surface area contributed by atoms with Crippen molar-refractivity contribution in [1.29, 1.82) is 0 Å². The van der Waals surface area contributed by atoms with Crippen LogP contribution in [0.4, 0.5) is 0 Å². The van der Waals surface area contributed by atoms with Gasteiger partial charge in [0.1, 0.15) is 6.04 Å². The van der Waals surface area contributed by atoms with Gasteiger partial charge in [-0.25, -0.2) is 0 Å². The number of carbonyl (C=O) groups is 2. The van der Waals surface area contributed by atoms with Gasteiger partial charge in [0.25, 0.3) is 0 Å². The maximum Gasteiger partial charge on any atom is 0.242 e. The minimum absolute atomic E-state index is 0.0105. The second-order valence-electron chi connectivity index (χ2n) is 7.86. The molecule has 0 heterocycles. The van der Waals surface area contributed by atoms with Crippen molar-refractivity contribution in [3.8, 4) is 0 Å². The van der Waals surface area contributed by atoms with Crippen molar-refractivity contribution in [2.75, 3.05) is 5.75 Å². The molecule has 2 aromatic rings. The van der Waals surface area contributed by atoms with Crippen LogP contribution in [0.1, 0.15) is 49.4 Å². The molecule has 2 aromatic carbocycles. The van der Waals surface area contributed by atoms with Crippen molar-refractivity contribution in [1.82, 2.24) is 10.2 Å². The van der Waals surface area contributed by atoms with E-state index in [-0.39, 0.29) is 17.9 Å². The van der Waals surface area contributed by atoms with Crippen LogP contribution in [-0.2, 0) is 21.9 Å². The van der Waals surface area contributed by atoms with Crippen LogP contribution >= 0.6 is 11.8 Å². The Bertz CT molecular complexity index is 853. The molecular weight excluding hydrogens is 392 g/mol. The Morgan fingerprint density at radius 1 is 0.967 bits per heavy atom. The zero-order valence-electron chi connectivity index (χ0n) is 18.8.